The molecular formula is C34H40OSiZr. The molecule has 0 aliphatic carbocycles. The van der Waals surface area contributed by atoms with Crippen molar-refractivity contribution in [3.05, 3.63) is 102 Å². The SMILES string of the molecule is CC(C)(C)c1ccc(O)c(C(C)(C)C)c1.C[Si]1(C)c2ccc[c-]21.[Zr+2].c1ccc2c(c1)[cH-]c1ccccc12. The first-order valence-corrected chi connectivity index (χ1v) is 15.9. The van der Waals surface area contributed by atoms with Gasteiger partial charge >= 0.3 is 26.2 Å². The van der Waals surface area contributed by atoms with E-state index in [2.05, 4.69) is 133 Å². The molecule has 0 fully saturated rings. The molecule has 1 N–H and O–H groups in total. The van der Waals surface area contributed by atoms with Crippen molar-refractivity contribution < 1.29 is 31.3 Å². The molecule has 5 aromatic carbocycles. The molecule has 0 saturated heterocycles. The molecule has 0 radical (unpaired) electrons. The summed E-state index contributed by atoms with van der Waals surface area (Å²) < 4.78 is 0. The Hall–Kier alpha value is -2.22. The van der Waals surface area contributed by atoms with Crippen LogP contribution in [-0.4, -0.2) is 13.2 Å². The maximum Gasteiger partial charge on any atom is 2.00 e. The zero-order valence-corrected chi connectivity index (χ0v) is 27.1. The summed E-state index contributed by atoms with van der Waals surface area (Å²) in [4.78, 5) is 0. The molecule has 3 heteroatoms. The summed E-state index contributed by atoms with van der Waals surface area (Å²) in [7, 11) is -0.816. The van der Waals surface area contributed by atoms with Crippen molar-refractivity contribution in [1.29, 1.82) is 0 Å². The van der Waals surface area contributed by atoms with Crippen molar-refractivity contribution in [1.82, 2.24) is 0 Å². The van der Waals surface area contributed by atoms with Crippen LogP contribution in [-0.2, 0) is 37.0 Å². The summed E-state index contributed by atoms with van der Waals surface area (Å²) in [6, 6.07) is 31.9. The molecule has 5 aromatic rings. The molecule has 0 saturated carbocycles. The molecule has 190 valence electrons. The minimum atomic E-state index is -0.816. The van der Waals surface area contributed by atoms with Gasteiger partial charge in [-0.25, -0.2) is 12.1 Å². The molecule has 0 bridgehead atoms. The Morgan fingerprint density at radius 3 is 1.65 bits per heavy atom. The molecule has 1 aliphatic rings. The average molecular weight is 584 g/mol. The van der Waals surface area contributed by atoms with E-state index in [0.717, 1.165) is 5.56 Å². The van der Waals surface area contributed by atoms with Crippen molar-refractivity contribution in [3.63, 3.8) is 0 Å². The van der Waals surface area contributed by atoms with Gasteiger partial charge in [-0.2, -0.15) is 16.4 Å². The van der Waals surface area contributed by atoms with E-state index in [0.29, 0.717) is 5.75 Å². The van der Waals surface area contributed by atoms with Crippen LogP contribution in [0.25, 0.3) is 21.5 Å². The van der Waals surface area contributed by atoms with Crippen LogP contribution < -0.4 is 10.4 Å². The zero-order chi connectivity index (χ0) is 26.3. The first-order chi connectivity index (χ1) is 16.8. The topological polar surface area (TPSA) is 20.2 Å². The first kappa shape index (κ1) is 29.3. The Kier molecular flexibility index (Phi) is 8.62. The fourth-order valence-electron chi connectivity index (χ4n) is 4.87. The predicted octanol–water partition coefficient (Wildman–Crippen LogP) is 8.24. The van der Waals surface area contributed by atoms with Crippen LogP contribution in [0.4, 0.5) is 0 Å². The summed E-state index contributed by atoms with van der Waals surface area (Å²) >= 11 is 0. The summed E-state index contributed by atoms with van der Waals surface area (Å²) in [6.07, 6.45) is 0. The number of phenols is 1. The van der Waals surface area contributed by atoms with Gasteiger partial charge in [-0.05, 0) is 28.0 Å². The van der Waals surface area contributed by atoms with Crippen molar-refractivity contribution in [2.45, 2.75) is 65.5 Å². The smallest absolute Gasteiger partial charge is 0.508 e. The summed E-state index contributed by atoms with van der Waals surface area (Å²) in [6.45, 7) is 17.7. The summed E-state index contributed by atoms with van der Waals surface area (Å²) in [5, 5.41) is 18.6. The van der Waals surface area contributed by atoms with Gasteiger partial charge in [0, 0.05) is 8.07 Å². The van der Waals surface area contributed by atoms with Crippen LogP contribution in [0.2, 0.25) is 13.1 Å². The fraction of sp³-hybridized carbons (Fsp3) is 0.294. The monoisotopic (exact) mass is 582 g/mol. The molecule has 0 aromatic heterocycles. The summed E-state index contributed by atoms with van der Waals surface area (Å²) in [5.41, 5.74) is 2.42. The maximum atomic E-state index is 9.84. The Morgan fingerprint density at radius 1 is 0.703 bits per heavy atom. The first-order valence-electron chi connectivity index (χ1n) is 12.9. The van der Waals surface area contributed by atoms with E-state index in [1.165, 1.54) is 27.1 Å². The minimum Gasteiger partial charge on any atom is -0.508 e. The van der Waals surface area contributed by atoms with E-state index < -0.39 is 8.07 Å². The quantitative estimate of drug-likeness (QED) is 0.144. The Bertz CT molecular complexity index is 1420. The van der Waals surface area contributed by atoms with Crippen molar-refractivity contribution in [3.8, 4) is 5.75 Å². The molecule has 1 aliphatic heterocycles. The third-order valence-corrected chi connectivity index (χ3v) is 10.6. The van der Waals surface area contributed by atoms with Gasteiger partial charge in [-0.1, -0.05) is 103 Å². The molecular weight excluding hydrogens is 544 g/mol. The van der Waals surface area contributed by atoms with Crippen LogP contribution >= 0.6 is 0 Å². The Balaban J connectivity index is 0.000000158. The third-order valence-electron chi connectivity index (χ3n) is 7.29. The molecule has 0 spiro atoms. The number of rotatable bonds is 0. The summed E-state index contributed by atoms with van der Waals surface area (Å²) in [5.74, 6) is 0.399. The second kappa shape index (κ2) is 10.9. The Labute approximate surface area is 243 Å². The van der Waals surface area contributed by atoms with Gasteiger partial charge < -0.3 is 5.11 Å². The van der Waals surface area contributed by atoms with E-state index in [1.807, 2.05) is 6.07 Å². The van der Waals surface area contributed by atoms with E-state index in [1.54, 1.807) is 16.4 Å². The average Bonchev–Trinajstić information content (AvgIpc) is 3.22. The van der Waals surface area contributed by atoms with Crippen molar-refractivity contribution in [2.75, 3.05) is 0 Å². The second-order valence-corrected chi connectivity index (χ2v) is 16.9. The second-order valence-electron chi connectivity index (χ2n) is 12.5. The number of benzene rings is 3. The van der Waals surface area contributed by atoms with Gasteiger partial charge in [-0.15, -0.1) is 39.7 Å². The molecule has 1 nitrogen and oxygen atoms in total. The zero-order valence-electron chi connectivity index (χ0n) is 23.6. The van der Waals surface area contributed by atoms with Crippen LogP contribution in [0.3, 0.4) is 0 Å². The van der Waals surface area contributed by atoms with Crippen molar-refractivity contribution in [2.24, 2.45) is 0 Å². The molecule has 1 heterocycles. The largest absolute Gasteiger partial charge is 2.00 e. The van der Waals surface area contributed by atoms with E-state index in [9.17, 15) is 5.11 Å². The van der Waals surface area contributed by atoms with Gasteiger partial charge in [0.25, 0.3) is 0 Å². The molecule has 0 atom stereocenters. The molecule has 0 unspecified atom stereocenters. The standard InChI is InChI=1S/C14H22O.C13H9.C7H9Si.Zr/c1-13(2,3)10-7-8-12(15)11(9-10)14(4,5)6;1-3-7-12-10(5-1)9-11-6-2-4-8-13(11)12;1-8(2)6-4-3-5-7(6)8;/h7-9,15H,1-6H3;1-9H;3-5H,1-2H3;/q;2*-1;+2. The van der Waals surface area contributed by atoms with Crippen LogP contribution in [0.1, 0.15) is 52.7 Å². The number of hydrogen-bond acceptors (Lipinski definition) is 1. The van der Waals surface area contributed by atoms with Crippen molar-refractivity contribution >= 4 is 40.0 Å². The Morgan fingerprint density at radius 2 is 1.24 bits per heavy atom. The number of aromatic hydroxyl groups is 1. The maximum absolute atomic E-state index is 9.84. The number of fused-ring (bicyclic) bond motifs is 4. The van der Waals surface area contributed by atoms with Crippen LogP contribution in [0.15, 0.2) is 91.0 Å². The van der Waals surface area contributed by atoms with E-state index in [-0.39, 0.29) is 37.0 Å². The number of phenolic OH excluding ortho intramolecular Hbond substituents is 1. The normalized spacial score (nSPS) is 13.5. The fourth-order valence-corrected chi connectivity index (χ4v) is 7.87. The third kappa shape index (κ3) is 6.44. The van der Waals surface area contributed by atoms with E-state index in [4.69, 9.17) is 0 Å². The molecule has 0 amide bonds. The molecule has 37 heavy (non-hydrogen) atoms. The molecule has 6 rings (SSSR count). The minimum absolute atomic E-state index is 0. The number of hydrogen-bond donors (Lipinski definition) is 1. The van der Waals surface area contributed by atoms with Gasteiger partial charge in [0.1, 0.15) is 5.75 Å². The van der Waals surface area contributed by atoms with Gasteiger partial charge in [0.2, 0.25) is 0 Å². The van der Waals surface area contributed by atoms with Crippen LogP contribution in [0, 0.1) is 0 Å². The predicted molar refractivity (Wildman–Crippen MR) is 161 cm³/mol. The van der Waals surface area contributed by atoms with Gasteiger partial charge in [0.05, 0.1) is 0 Å². The van der Waals surface area contributed by atoms with Gasteiger partial charge in [0.15, 0.2) is 0 Å². The van der Waals surface area contributed by atoms with Crippen LogP contribution in [0.5, 0.6) is 5.75 Å². The van der Waals surface area contributed by atoms with E-state index >= 15 is 0 Å². The van der Waals surface area contributed by atoms with Gasteiger partial charge in [-0.3, -0.25) is 0 Å².